The topological polar surface area (TPSA) is 44.0 Å². The third kappa shape index (κ3) is 2.10. The van der Waals surface area contributed by atoms with Crippen LogP contribution >= 0.6 is 0 Å². The maximum absolute atomic E-state index is 13.4. The number of hydrogen-bond acceptors (Lipinski definition) is 2. The van der Waals surface area contributed by atoms with E-state index in [1.165, 1.54) is 0 Å². The second kappa shape index (κ2) is 4.94. The van der Waals surface area contributed by atoms with E-state index in [0.29, 0.717) is 12.8 Å². The smallest absolute Gasteiger partial charge is 0.126 e. The molecule has 0 spiro atoms. The van der Waals surface area contributed by atoms with Gasteiger partial charge in [-0.3, -0.25) is 0 Å². The van der Waals surface area contributed by atoms with Crippen molar-refractivity contribution >= 4 is 0 Å². The molecular weight excluding hydrogens is 272 g/mol. The van der Waals surface area contributed by atoms with Gasteiger partial charge in [-0.2, -0.15) is 5.26 Å². The van der Waals surface area contributed by atoms with E-state index in [1.54, 1.807) is 12.1 Å². The molecule has 0 saturated heterocycles. The lowest BCUT2D eigenvalue weighted by atomic mass is 9.75. The van der Waals surface area contributed by atoms with Crippen LogP contribution in [0.5, 0.6) is 0 Å². The van der Waals surface area contributed by atoms with E-state index < -0.39 is 23.2 Å². The summed E-state index contributed by atoms with van der Waals surface area (Å²) in [6.45, 7) is 0. The minimum atomic E-state index is -1.27. The van der Waals surface area contributed by atoms with E-state index in [-0.39, 0.29) is 5.56 Å². The van der Waals surface area contributed by atoms with Crippen molar-refractivity contribution in [2.45, 2.75) is 24.4 Å². The van der Waals surface area contributed by atoms with Crippen molar-refractivity contribution in [3.05, 3.63) is 70.8 Å². The summed E-state index contributed by atoms with van der Waals surface area (Å²) in [4.78, 5) is 0. The quantitative estimate of drug-likeness (QED) is 0.919. The zero-order chi connectivity index (χ0) is 15.0. The van der Waals surface area contributed by atoms with Crippen molar-refractivity contribution in [1.82, 2.24) is 0 Å². The molecule has 0 bridgehead atoms. The highest BCUT2D eigenvalue weighted by molar-refractivity contribution is 5.47. The second-order valence-corrected chi connectivity index (χ2v) is 5.35. The van der Waals surface area contributed by atoms with Gasteiger partial charge in [-0.05, 0) is 41.7 Å². The van der Waals surface area contributed by atoms with Crippen molar-refractivity contribution in [1.29, 1.82) is 5.26 Å². The molecule has 0 amide bonds. The summed E-state index contributed by atoms with van der Waals surface area (Å²) >= 11 is 0. The fourth-order valence-electron chi connectivity index (χ4n) is 3.12. The van der Waals surface area contributed by atoms with Gasteiger partial charge in [0.1, 0.15) is 23.2 Å². The number of aryl methyl sites for hydroxylation is 1. The number of hydrogen-bond donors (Lipinski definition) is 1. The van der Waals surface area contributed by atoms with Crippen LogP contribution in [0.15, 0.2) is 42.5 Å². The van der Waals surface area contributed by atoms with Gasteiger partial charge in [0.2, 0.25) is 0 Å². The summed E-state index contributed by atoms with van der Waals surface area (Å²) in [6.07, 6.45) is -0.169. The molecular formula is C17H13F2NO. The van der Waals surface area contributed by atoms with E-state index in [2.05, 4.69) is 6.07 Å². The molecule has 4 heteroatoms. The Bertz CT molecular complexity index is 718. The highest BCUT2D eigenvalue weighted by Crippen LogP contribution is 2.47. The second-order valence-electron chi connectivity index (χ2n) is 5.35. The highest BCUT2D eigenvalue weighted by atomic mass is 19.1. The van der Waals surface area contributed by atoms with Gasteiger partial charge in [0.15, 0.2) is 0 Å². The lowest BCUT2D eigenvalue weighted by Gasteiger charge is -2.28. The number of aliphatic hydroxyl groups is 1. The maximum Gasteiger partial charge on any atom is 0.126 e. The fraction of sp³-hybridized carbons (Fsp3) is 0.235. The molecule has 0 saturated carbocycles. The predicted molar refractivity (Wildman–Crippen MR) is 73.4 cm³/mol. The third-order valence-electron chi connectivity index (χ3n) is 4.15. The molecule has 2 atom stereocenters. The van der Waals surface area contributed by atoms with Gasteiger partial charge in [0.25, 0.3) is 0 Å². The van der Waals surface area contributed by atoms with Gasteiger partial charge in [0.05, 0.1) is 6.07 Å². The fourth-order valence-corrected chi connectivity index (χ4v) is 3.12. The van der Waals surface area contributed by atoms with Crippen molar-refractivity contribution < 1.29 is 13.9 Å². The van der Waals surface area contributed by atoms with E-state index in [1.807, 2.05) is 12.1 Å². The molecule has 0 aliphatic heterocycles. The van der Waals surface area contributed by atoms with Gasteiger partial charge in [-0.25, -0.2) is 8.78 Å². The Morgan fingerprint density at radius 2 is 1.81 bits per heavy atom. The van der Waals surface area contributed by atoms with Gasteiger partial charge >= 0.3 is 0 Å². The number of fused-ring (bicyclic) bond motifs is 1. The first-order valence-electron chi connectivity index (χ1n) is 6.70. The molecule has 106 valence electrons. The van der Waals surface area contributed by atoms with Crippen molar-refractivity contribution in [3.63, 3.8) is 0 Å². The molecule has 2 aromatic rings. The van der Waals surface area contributed by atoms with Gasteiger partial charge < -0.3 is 5.11 Å². The summed E-state index contributed by atoms with van der Waals surface area (Å²) in [7, 11) is 0. The first-order chi connectivity index (χ1) is 10.1. The van der Waals surface area contributed by atoms with Gasteiger partial charge in [-0.15, -0.1) is 0 Å². The molecule has 2 aromatic carbocycles. The number of halogens is 2. The largest absolute Gasteiger partial charge is 0.386 e. The molecule has 2 nitrogen and oxygen atoms in total. The van der Waals surface area contributed by atoms with Crippen LogP contribution in [0.4, 0.5) is 8.78 Å². The Morgan fingerprint density at radius 3 is 2.48 bits per heavy atom. The van der Waals surface area contributed by atoms with Crippen LogP contribution < -0.4 is 0 Å². The SMILES string of the molecule is N#CC1(C(O)c2cc(F)cc(F)c2)CCc2ccccc21. The molecule has 0 aromatic heterocycles. The molecule has 0 heterocycles. The first kappa shape index (κ1) is 13.7. The summed E-state index contributed by atoms with van der Waals surface area (Å²) in [5.74, 6) is -1.52. The van der Waals surface area contributed by atoms with Crippen LogP contribution in [0.3, 0.4) is 0 Å². The molecule has 2 unspecified atom stereocenters. The Morgan fingerprint density at radius 1 is 1.14 bits per heavy atom. The molecule has 1 N–H and O–H groups in total. The molecule has 21 heavy (non-hydrogen) atoms. The van der Waals surface area contributed by atoms with Crippen LogP contribution in [0.2, 0.25) is 0 Å². The number of benzene rings is 2. The van der Waals surface area contributed by atoms with Crippen LogP contribution in [-0.2, 0) is 11.8 Å². The number of rotatable bonds is 2. The number of nitriles is 1. The maximum atomic E-state index is 13.4. The zero-order valence-corrected chi connectivity index (χ0v) is 11.2. The average Bonchev–Trinajstić information content (AvgIpc) is 2.85. The highest BCUT2D eigenvalue weighted by Gasteiger charge is 2.45. The minimum Gasteiger partial charge on any atom is -0.386 e. The van der Waals surface area contributed by atoms with E-state index in [0.717, 1.165) is 29.3 Å². The number of nitrogens with zero attached hydrogens (tertiary/aromatic N) is 1. The number of aliphatic hydroxyl groups excluding tert-OH is 1. The first-order valence-corrected chi connectivity index (χ1v) is 6.70. The zero-order valence-electron chi connectivity index (χ0n) is 11.2. The van der Waals surface area contributed by atoms with E-state index in [9.17, 15) is 19.1 Å². The minimum absolute atomic E-state index is 0.0887. The van der Waals surface area contributed by atoms with Crippen LogP contribution in [0.25, 0.3) is 0 Å². The van der Waals surface area contributed by atoms with Crippen molar-refractivity contribution in [3.8, 4) is 6.07 Å². The average molecular weight is 285 g/mol. The summed E-state index contributed by atoms with van der Waals surface area (Å²) in [6, 6.07) is 12.5. The lowest BCUT2D eigenvalue weighted by Crippen LogP contribution is -2.30. The normalized spacial score (nSPS) is 21.6. The third-order valence-corrected chi connectivity index (χ3v) is 4.15. The Hall–Kier alpha value is -2.25. The Balaban J connectivity index is 2.11. The van der Waals surface area contributed by atoms with E-state index >= 15 is 0 Å². The monoisotopic (exact) mass is 285 g/mol. The van der Waals surface area contributed by atoms with Gasteiger partial charge in [-0.1, -0.05) is 24.3 Å². The molecule has 0 fully saturated rings. The lowest BCUT2D eigenvalue weighted by molar-refractivity contribution is 0.110. The van der Waals surface area contributed by atoms with E-state index in [4.69, 9.17) is 0 Å². The summed E-state index contributed by atoms with van der Waals surface area (Å²) < 4.78 is 26.7. The summed E-state index contributed by atoms with van der Waals surface area (Å²) in [5, 5.41) is 20.2. The van der Waals surface area contributed by atoms with Crippen LogP contribution in [0, 0.1) is 23.0 Å². The predicted octanol–water partition coefficient (Wildman–Crippen LogP) is 3.41. The Labute approximate surface area is 121 Å². The molecule has 1 aliphatic carbocycles. The molecule has 0 radical (unpaired) electrons. The molecule has 1 aliphatic rings. The van der Waals surface area contributed by atoms with Gasteiger partial charge in [0, 0.05) is 6.07 Å². The van der Waals surface area contributed by atoms with Crippen LogP contribution in [0.1, 0.15) is 29.2 Å². The summed E-state index contributed by atoms with van der Waals surface area (Å²) in [5.41, 5.74) is 0.669. The Kier molecular flexibility index (Phi) is 3.23. The standard InChI is InChI=1S/C17H13F2NO/c18-13-7-12(8-14(19)9-13)16(21)17(10-20)6-5-11-3-1-2-4-15(11)17/h1-4,7-9,16,21H,5-6H2. The van der Waals surface area contributed by atoms with Crippen molar-refractivity contribution in [2.24, 2.45) is 0 Å². The van der Waals surface area contributed by atoms with Crippen molar-refractivity contribution in [2.75, 3.05) is 0 Å². The van der Waals surface area contributed by atoms with Crippen LogP contribution in [-0.4, -0.2) is 5.11 Å². The molecule has 3 rings (SSSR count).